The van der Waals surface area contributed by atoms with E-state index in [1.807, 2.05) is 0 Å². The molecule has 41 heavy (non-hydrogen) atoms. The van der Waals surface area contributed by atoms with Crippen LogP contribution < -0.4 is 5.32 Å². The average molecular weight is 570 g/mol. The van der Waals surface area contributed by atoms with E-state index in [-0.39, 0.29) is 28.2 Å². The van der Waals surface area contributed by atoms with Gasteiger partial charge in [0.05, 0.1) is 16.7 Å². The molecule has 0 heterocycles. The molecule has 1 aromatic carbocycles. The number of aliphatic hydroxyl groups excluding tert-OH is 2. The zero-order valence-electron chi connectivity index (χ0n) is 23.5. The third kappa shape index (κ3) is 5.37. The van der Waals surface area contributed by atoms with Crippen molar-refractivity contribution >= 4 is 23.3 Å². The molecule has 0 bridgehead atoms. The van der Waals surface area contributed by atoms with Gasteiger partial charge in [0, 0.05) is 12.1 Å². The number of amides is 1. The highest BCUT2D eigenvalue weighted by Gasteiger charge is 2.58. The zero-order chi connectivity index (χ0) is 29.5. The van der Waals surface area contributed by atoms with E-state index in [4.69, 9.17) is 4.84 Å². The standard InChI is InChI=1S/C30H39N3O8/c1-29-12-10-19(15-18(29)6-7-21-22-8-9-24(34)30(22,2)13-11-23(21)29)32-41-16-25(35)31-26(28(37)38)27(36)17-4-3-5-20(14-17)33(39)40/h3-5,14-15,21-24,26-27,34,36H,6-13,16H2,1-2H3,(H,31,35)(H,37,38)/t21?,22?,23?,24?,26?,27?,29-,30-/m0/s1. The molecule has 0 aliphatic heterocycles. The van der Waals surface area contributed by atoms with Gasteiger partial charge in [-0.25, -0.2) is 4.79 Å². The molecule has 6 unspecified atom stereocenters. The number of nitrogens with one attached hydrogen (secondary N) is 1. The maximum atomic E-state index is 12.5. The number of carbonyl (C=O) groups excluding carboxylic acids is 1. The molecule has 3 saturated carbocycles. The number of nitro groups is 1. The van der Waals surface area contributed by atoms with Crippen LogP contribution >= 0.6 is 0 Å². The van der Waals surface area contributed by atoms with Gasteiger partial charge >= 0.3 is 5.97 Å². The van der Waals surface area contributed by atoms with Gasteiger partial charge in [-0.3, -0.25) is 14.9 Å². The van der Waals surface area contributed by atoms with Gasteiger partial charge < -0.3 is 25.5 Å². The van der Waals surface area contributed by atoms with Crippen molar-refractivity contribution < 1.29 is 34.7 Å². The summed E-state index contributed by atoms with van der Waals surface area (Å²) in [7, 11) is 0. The first-order valence-electron chi connectivity index (χ1n) is 14.5. The molecule has 222 valence electrons. The summed E-state index contributed by atoms with van der Waals surface area (Å²) in [5.41, 5.74) is 1.93. The van der Waals surface area contributed by atoms with E-state index in [1.54, 1.807) is 0 Å². The van der Waals surface area contributed by atoms with Gasteiger partial charge in [0.2, 0.25) is 0 Å². The Bertz CT molecular complexity index is 1280. The summed E-state index contributed by atoms with van der Waals surface area (Å²) in [6, 6.07) is 3.24. The number of aliphatic carboxylic acids is 1. The lowest BCUT2D eigenvalue weighted by Gasteiger charge is -2.57. The van der Waals surface area contributed by atoms with Crippen LogP contribution in [0.1, 0.15) is 76.9 Å². The van der Waals surface area contributed by atoms with Crippen LogP contribution in [-0.4, -0.2) is 56.6 Å². The van der Waals surface area contributed by atoms with Crippen LogP contribution in [-0.2, 0) is 14.4 Å². The van der Waals surface area contributed by atoms with Gasteiger partial charge in [0.15, 0.2) is 12.6 Å². The van der Waals surface area contributed by atoms with Crippen LogP contribution in [0, 0.1) is 38.7 Å². The van der Waals surface area contributed by atoms with E-state index in [1.165, 1.54) is 23.8 Å². The summed E-state index contributed by atoms with van der Waals surface area (Å²) in [6.07, 6.45) is 8.16. The Labute approximate surface area is 238 Å². The third-order valence-corrected chi connectivity index (χ3v) is 10.6. The Morgan fingerprint density at radius 1 is 1.17 bits per heavy atom. The van der Waals surface area contributed by atoms with Gasteiger partial charge in [-0.05, 0) is 91.6 Å². The Morgan fingerprint density at radius 3 is 2.68 bits per heavy atom. The highest BCUT2D eigenvalue weighted by Crippen LogP contribution is 2.65. The number of rotatable bonds is 8. The lowest BCUT2D eigenvalue weighted by molar-refractivity contribution is -0.385. The Morgan fingerprint density at radius 2 is 1.95 bits per heavy atom. The lowest BCUT2D eigenvalue weighted by Crippen LogP contribution is -2.51. The fourth-order valence-corrected chi connectivity index (χ4v) is 8.29. The maximum Gasteiger partial charge on any atom is 0.329 e. The summed E-state index contributed by atoms with van der Waals surface area (Å²) in [5.74, 6) is -0.484. The second-order valence-electron chi connectivity index (χ2n) is 12.7. The monoisotopic (exact) mass is 569 g/mol. The first kappa shape index (κ1) is 29.2. The van der Waals surface area contributed by atoms with Crippen molar-refractivity contribution in [2.24, 2.45) is 33.7 Å². The summed E-state index contributed by atoms with van der Waals surface area (Å²) < 4.78 is 0. The Hall–Kier alpha value is -3.31. The van der Waals surface area contributed by atoms with E-state index in [9.17, 15) is 35.0 Å². The largest absolute Gasteiger partial charge is 0.480 e. The van der Waals surface area contributed by atoms with Crippen molar-refractivity contribution in [1.29, 1.82) is 0 Å². The van der Waals surface area contributed by atoms with Crippen molar-refractivity contribution in [2.45, 2.75) is 83.5 Å². The van der Waals surface area contributed by atoms with E-state index < -0.39 is 35.6 Å². The molecule has 1 amide bonds. The third-order valence-electron chi connectivity index (χ3n) is 10.6. The minimum absolute atomic E-state index is 0.00800. The number of carboxylic acids is 1. The van der Waals surface area contributed by atoms with E-state index in [0.717, 1.165) is 56.7 Å². The van der Waals surface area contributed by atoms with Gasteiger partial charge in [0.25, 0.3) is 11.6 Å². The highest BCUT2D eigenvalue weighted by molar-refractivity contribution is 5.96. The number of carbonyl (C=O) groups is 2. The van der Waals surface area contributed by atoms with Crippen molar-refractivity contribution in [2.75, 3.05) is 6.61 Å². The summed E-state index contributed by atoms with van der Waals surface area (Å²) in [4.78, 5) is 39.9. The van der Waals surface area contributed by atoms with Crippen LogP contribution in [0.4, 0.5) is 5.69 Å². The highest BCUT2D eigenvalue weighted by atomic mass is 16.6. The molecule has 1 aromatic rings. The van der Waals surface area contributed by atoms with Gasteiger partial charge in [0.1, 0.15) is 6.10 Å². The normalized spacial score (nSPS) is 34.8. The SMILES string of the molecule is C[C@]12CCC3C(CCC4=CC(=NOCC(=O)NC(C(=O)O)C(O)c5cccc([N+](=O)[O-])c5)CC[C@@]43C)C1CCC2O. The molecule has 0 aromatic heterocycles. The number of nitro benzene ring substituents is 1. The number of fused-ring (bicyclic) bond motifs is 5. The van der Waals surface area contributed by atoms with Crippen molar-refractivity contribution in [3.05, 3.63) is 51.6 Å². The molecular weight excluding hydrogens is 530 g/mol. The summed E-state index contributed by atoms with van der Waals surface area (Å²) in [6.45, 7) is 4.11. The molecule has 0 radical (unpaired) electrons. The van der Waals surface area contributed by atoms with Crippen LogP contribution in [0.25, 0.3) is 0 Å². The van der Waals surface area contributed by atoms with Crippen LogP contribution in [0.15, 0.2) is 41.1 Å². The molecule has 3 fully saturated rings. The number of aliphatic hydroxyl groups is 2. The second-order valence-corrected chi connectivity index (χ2v) is 12.7. The molecule has 0 spiro atoms. The number of non-ortho nitro benzene ring substituents is 1. The quantitative estimate of drug-likeness (QED) is 0.270. The van der Waals surface area contributed by atoms with Gasteiger partial charge in [-0.2, -0.15) is 0 Å². The second kappa shape index (κ2) is 11.2. The molecule has 4 aliphatic carbocycles. The lowest BCUT2D eigenvalue weighted by atomic mass is 9.47. The van der Waals surface area contributed by atoms with Crippen molar-refractivity contribution in [1.82, 2.24) is 5.32 Å². The fourth-order valence-electron chi connectivity index (χ4n) is 8.29. The molecule has 4 N–H and O–H groups in total. The average Bonchev–Trinajstić information content (AvgIpc) is 3.25. The van der Waals surface area contributed by atoms with E-state index in [2.05, 4.69) is 30.4 Å². The molecule has 8 atom stereocenters. The van der Waals surface area contributed by atoms with Crippen molar-refractivity contribution in [3.8, 4) is 0 Å². The number of nitrogens with zero attached hydrogens (tertiary/aromatic N) is 2. The molecule has 11 nitrogen and oxygen atoms in total. The number of hydrogen-bond donors (Lipinski definition) is 4. The molecule has 4 aliphatic rings. The van der Waals surface area contributed by atoms with Gasteiger partial charge in [-0.15, -0.1) is 0 Å². The number of carboxylic acid groups (broad SMARTS) is 1. The first-order valence-corrected chi connectivity index (χ1v) is 14.5. The van der Waals surface area contributed by atoms with Crippen LogP contribution in [0.2, 0.25) is 0 Å². The summed E-state index contributed by atoms with van der Waals surface area (Å²) in [5, 5.41) is 48.2. The van der Waals surface area contributed by atoms with E-state index in [0.29, 0.717) is 24.2 Å². The minimum Gasteiger partial charge on any atom is -0.480 e. The summed E-state index contributed by atoms with van der Waals surface area (Å²) >= 11 is 0. The number of allylic oxidation sites excluding steroid dienone is 2. The number of oxime groups is 1. The maximum absolute atomic E-state index is 12.5. The Kier molecular flexibility index (Phi) is 7.95. The fraction of sp³-hybridized carbons (Fsp3) is 0.633. The minimum atomic E-state index is -1.73. The number of benzene rings is 1. The van der Waals surface area contributed by atoms with Crippen molar-refractivity contribution in [3.63, 3.8) is 0 Å². The van der Waals surface area contributed by atoms with Gasteiger partial charge in [-0.1, -0.05) is 36.7 Å². The molecule has 11 heteroatoms. The molecular formula is C30H39N3O8. The smallest absolute Gasteiger partial charge is 0.329 e. The van der Waals surface area contributed by atoms with Crippen LogP contribution in [0.3, 0.4) is 0 Å². The molecule has 5 rings (SSSR count). The Balaban J connectivity index is 1.19. The number of hydrogen-bond acceptors (Lipinski definition) is 8. The zero-order valence-corrected chi connectivity index (χ0v) is 23.5. The first-order chi connectivity index (χ1) is 19.4. The van der Waals surface area contributed by atoms with Crippen LogP contribution in [0.5, 0.6) is 0 Å². The predicted molar refractivity (Wildman–Crippen MR) is 149 cm³/mol. The predicted octanol–water partition coefficient (Wildman–Crippen LogP) is 3.89. The molecule has 0 saturated heterocycles. The topological polar surface area (TPSA) is 172 Å². The van der Waals surface area contributed by atoms with E-state index >= 15 is 0 Å².